The largest absolute Gasteiger partial charge is 0.455 e. The van der Waals surface area contributed by atoms with Crippen molar-refractivity contribution in [1.82, 2.24) is 9.13 Å². The van der Waals surface area contributed by atoms with E-state index in [1.165, 1.54) is 38.2 Å². The van der Waals surface area contributed by atoms with Crippen LogP contribution in [0, 0.1) is 0 Å². The van der Waals surface area contributed by atoms with Gasteiger partial charge in [-0.2, -0.15) is 0 Å². The number of benzene rings is 10. The fourth-order valence-corrected chi connectivity index (χ4v) is 10.5. The monoisotopic (exact) mass is 816 g/mol. The maximum absolute atomic E-state index is 6.51. The SMILES string of the molecule is c1cc(-c2cccc3c2oc2ccccc23)cc(-n2c3ccccc3c3ccc(-c4cccc5c4c4ccccc4n5-c4cccc(-c5cccc6c5oc5ccccc56)c4)cc32)c1. The second-order valence-corrected chi connectivity index (χ2v) is 16.8. The fourth-order valence-electron chi connectivity index (χ4n) is 10.5. The number of rotatable bonds is 5. The van der Waals surface area contributed by atoms with Crippen molar-refractivity contribution in [3.05, 3.63) is 218 Å². The van der Waals surface area contributed by atoms with E-state index < -0.39 is 0 Å². The Balaban J connectivity index is 0.944. The van der Waals surface area contributed by atoms with Gasteiger partial charge < -0.3 is 18.0 Å². The third-order valence-corrected chi connectivity index (χ3v) is 13.3. The van der Waals surface area contributed by atoms with Crippen molar-refractivity contribution in [2.45, 2.75) is 0 Å². The van der Waals surface area contributed by atoms with E-state index >= 15 is 0 Å². The standard InChI is InChI=1S/C60H36N2O2/c1-5-27-52-45(18-1)46-33-32-39(36-55(46)62(52)41-17-10-15-38(35-41)44-24-12-26-50-48-20-4-8-31-57(48)64-60(44)50)42-22-13-29-54-58(42)51-21-2-6-28-53(51)61(54)40-16-9-14-37(34-40)43-23-11-25-49-47-19-3-7-30-56(47)63-59(43)49/h1-36H. The Bertz CT molecular complexity index is 4210. The number of fused-ring (bicyclic) bond motifs is 12. The third kappa shape index (κ3) is 5.05. The average Bonchev–Trinajstić information content (AvgIpc) is 4.11. The number of hydrogen-bond donors (Lipinski definition) is 0. The quantitative estimate of drug-likeness (QED) is 0.173. The van der Waals surface area contributed by atoms with E-state index in [4.69, 9.17) is 8.83 Å². The molecule has 0 aliphatic heterocycles. The predicted octanol–water partition coefficient (Wildman–Crippen LogP) is 16.7. The van der Waals surface area contributed by atoms with Gasteiger partial charge in [-0.15, -0.1) is 0 Å². The van der Waals surface area contributed by atoms with Gasteiger partial charge in [0.15, 0.2) is 0 Å². The van der Waals surface area contributed by atoms with Crippen LogP contribution in [0.5, 0.6) is 0 Å². The molecule has 0 aliphatic carbocycles. The van der Waals surface area contributed by atoms with Gasteiger partial charge in [0.25, 0.3) is 0 Å². The molecule has 0 radical (unpaired) electrons. The van der Waals surface area contributed by atoms with E-state index in [9.17, 15) is 0 Å². The van der Waals surface area contributed by atoms with Gasteiger partial charge >= 0.3 is 0 Å². The van der Waals surface area contributed by atoms with Gasteiger partial charge in [0.05, 0.1) is 22.1 Å². The summed E-state index contributed by atoms with van der Waals surface area (Å²) in [4.78, 5) is 0. The summed E-state index contributed by atoms with van der Waals surface area (Å²) < 4.78 is 17.8. The van der Waals surface area contributed by atoms with Crippen LogP contribution in [0.15, 0.2) is 227 Å². The molecule has 0 spiro atoms. The van der Waals surface area contributed by atoms with Crippen molar-refractivity contribution in [2.75, 3.05) is 0 Å². The Morgan fingerprint density at radius 1 is 0.266 bits per heavy atom. The summed E-state index contributed by atoms with van der Waals surface area (Å²) in [6.07, 6.45) is 0. The van der Waals surface area contributed by atoms with E-state index in [-0.39, 0.29) is 0 Å². The van der Waals surface area contributed by atoms with E-state index in [1.807, 2.05) is 24.3 Å². The molecular weight excluding hydrogens is 781 g/mol. The van der Waals surface area contributed by atoms with Crippen molar-refractivity contribution in [1.29, 1.82) is 0 Å². The Hall–Kier alpha value is -8.60. The summed E-state index contributed by atoms with van der Waals surface area (Å²) in [7, 11) is 0. The van der Waals surface area contributed by atoms with Crippen LogP contribution >= 0.6 is 0 Å². The van der Waals surface area contributed by atoms with Gasteiger partial charge in [-0.25, -0.2) is 0 Å². The highest BCUT2D eigenvalue weighted by Gasteiger charge is 2.20. The van der Waals surface area contributed by atoms with Crippen molar-refractivity contribution in [3.63, 3.8) is 0 Å². The van der Waals surface area contributed by atoms with Crippen LogP contribution in [0.2, 0.25) is 0 Å². The molecule has 0 atom stereocenters. The molecule has 4 aromatic heterocycles. The predicted molar refractivity (Wildman–Crippen MR) is 266 cm³/mol. The molecule has 4 heteroatoms. The summed E-state index contributed by atoms with van der Waals surface area (Å²) in [5, 5.41) is 9.41. The molecule has 14 rings (SSSR count). The van der Waals surface area contributed by atoms with Crippen molar-refractivity contribution >= 4 is 87.5 Å². The van der Waals surface area contributed by atoms with Crippen LogP contribution in [0.3, 0.4) is 0 Å². The molecule has 298 valence electrons. The zero-order valence-corrected chi connectivity index (χ0v) is 34.5. The minimum atomic E-state index is 0.902. The molecule has 0 bridgehead atoms. The lowest BCUT2D eigenvalue weighted by molar-refractivity contribution is 0.669. The first-order chi connectivity index (χ1) is 31.7. The number of para-hydroxylation sites is 6. The Kier molecular flexibility index (Phi) is 7.36. The Morgan fingerprint density at radius 3 is 1.34 bits per heavy atom. The third-order valence-electron chi connectivity index (χ3n) is 13.3. The first-order valence-electron chi connectivity index (χ1n) is 21.8. The topological polar surface area (TPSA) is 36.1 Å². The highest BCUT2D eigenvalue weighted by atomic mass is 16.3. The maximum Gasteiger partial charge on any atom is 0.143 e. The molecule has 0 aliphatic rings. The van der Waals surface area contributed by atoms with E-state index in [0.29, 0.717) is 0 Å². The minimum Gasteiger partial charge on any atom is -0.455 e. The van der Waals surface area contributed by atoms with Crippen molar-refractivity contribution in [3.8, 4) is 44.8 Å². The van der Waals surface area contributed by atoms with Crippen LogP contribution in [0.1, 0.15) is 0 Å². The van der Waals surface area contributed by atoms with Crippen molar-refractivity contribution < 1.29 is 8.83 Å². The first-order valence-corrected chi connectivity index (χ1v) is 21.8. The summed E-state index contributed by atoms with van der Waals surface area (Å²) in [6.45, 7) is 0. The summed E-state index contributed by atoms with van der Waals surface area (Å²) in [6, 6.07) is 78.5. The normalized spacial score (nSPS) is 12.1. The smallest absolute Gasteiger partial charge is 0.143 e. The zero-order chi connectivity index (χ0) is 41.9. The molecule has 0 amide bonds. The van der Waals surface area contributed by atoms with E-state index in [2.05, 4.69) is 203 Å². The summed E-state index contributed by atoms with van der Waals surface area (Å²) >= 11 is 0. The van der Waals surface area contributed by atoms with Gasteiger partial charge in [-0.3, -0.25) is 0 Å². The van der Waals surface area contributed by atoms with Crippen LogP contribution in [0.4, 0.5) is 0 Å². The Labute approximate surface area is 367 Å². The lowest BCUT2D eigenvalue weighted by atomic mass is 9.98. The molecule has 0 N–H and O–H groups in total. The van der Waals surface area contributed by atoms with E-state index in [0.717, 1.165) is 94.1 Å². The second-order valence-electron chi connectivity index (χ2n) is 16.8. The Morgan fingerprint density at radius 2 is 0.703 bits per heavy atom. The molecule has 64 heavy (non-hydrogen) atoms. The lowest BCUT2D eigenvalue weighted by Gasteiger charge is -2.12. The van der Waals surface area contributed by atoms with Crippen LogP contribution in [-0.2, 0) is 0 Å². The van der Waals surface area contributed by atoms with E-state index in [1.54, 1.807) is 0 Å². The molecule has 0 unspecified atom stereocenters. The number of nitrogens with zero attached hydrogens (tertiary/aromatic N) is 2. The van der Waals surface area contributed by atoms with Gasteiger partial charge in [-0.1, -0.05) is 158 Å². The molecule has 10 aromatic carbocycles. The first kappa shape index (κ1) is 35.0. The maximum atomic E-state index is 6.51. The van der Waals surface area contributed by atoms with Gasteiger partial charge in [-0.05, 0) is 82.9 Å². The second kappa shape index (κ2) is 13.4. The zero-order valence-electron chi connectivity index (χ0n) is 34.5. The highest BCUT2D eigenvalue weighted by Crippen LogP contribution is 2.43. The number of hydrogen-bond acceptors (Lipinski definition) is 2. The van der Waals surface area contributed by atoms with Gasteiger partial charge in [0, 0.05) is 65.6 Å². The molecule has 14 aromatic rings. The minimum absolute atomic E-state index is 0.902. The number of aromatic nitrogens is 2. The molecule has 4 nitrogen and oxygen atoms in total. The summed E-state index contributed by atoms with van der Waals surface area (Å²) in [5.74, 6) is 0. The molecule has 0 saturated carbocycles. The lowest BCUT2D eigenvalue weighted by Crippen LogP contribution is -1.95. The van der Waals surface area contributed by atoms with Gasteiger partial charge in [0.1, 0.15) is 22.3 Å². The molecular formula is C60H36N2O2. The van der Waals surface area contributed by atoms with Gasteiger partial charge in [0.2, 0.25) is 0 Å². The highest BCUT2D eigenvalue weighted by molar-refractivity contribution is 6.18. The van der Waals surface area contributed by atoms with Crippen LogP contribution < -0.4 is 0 Å². The fraction of sp³-hybridized carbons (Fsp3) is 0. The van der Waals surface area contributed by atoms with Crippen LogP contribution in [-0.4, -0.2) is 9.13 Å². The van der Waals surface area contributed by atoms with Crippen molar-refractivity contribution in [2.24, 2.45) is 0 Å². The average molecular weight is 817 g/mol. The molecule has 0 fully saturated rings. The van der Waals surface area contributed by atoms with Crippen LogP contribution in [0.25, 0.3) is 132 Å². The molecule has 4 heterocycles. The summed E-state index contributed by atoms with van der Waals surface area (Å²) in [5.41, 5.74) is 17.2. The number of furan rings is 2. The molecule has 0 saturated heterocycles.